The fraction of sp³-hybridized carbons (Fsp3) is 0.400. The summed E-state index contributed by atoms with van der Waals surface area (Å²) in [5.41, 5.74) is 2.10. The van der Waals surface area contributed by atoms with Crippen LogP contribution in [0.5, 0.6) is 0 Å². The molecule has 1 aromatic carbocycles. The third-order valence-electron chi connectivity index (χ3n) is 3.16. The molecule has 0 aliphatic carbocycles. The fourth-order valence-electron chi connectivity index (χ4n) is 2.04. The lowest BCUT2D eigenvalue weighted by Gasteiger charge is -2.19. The van der Waals surface area contributed by atoms with Gasteiger partial charge in [0.25, 0.3) is 0 Å². The van der Waals surface area contributed by atoms with Crippen LogP contribution in [0.25, 0.3) is 0 Å². The van der Waals surface area contributed by atoms with E-state index in [1.165, 1.54) is 0 Å². The number of nitrogens with one attached hydrogen (secondary N) is 2. The summed E-state index contributed by atoms with van der Waals surface area (Å²) in [6.45, 7) is 2.47. The molecule has 0 aromatic heterocycles. The van der Waals surface area contributed by atoms with Gasteiger partial charge < -0.3 is 15.5 Å². The van der Waals surface area contributed by atoms with Crippen LogP contribution in [0, 0.1) is 0 Å². The van der Waals surface area contributed by atoms with Gasteiger partial charge in [-0.25, -0.2) is 0 Å². The minimum Gasteiger partial charge on any atom is -0.350 e. The van der Waals surface area contributed by atoms with Gasteiger partial charge in [0.15, 0.2) is 0 Å². The van der Waals surface area contributed by atoms with Gasteiger partial charge in [-0.3, -0.25) is 14.4 Å². The minimum atomic E-state index is -0.241. The average molecular weight is 291 g/mol. The minimum absolute atomic E-state index is 0.0378. The largest absolute Gasteiger partial charge is 0.350 e. The Morgan fingerprint density at radius 1 is 1.33 bits per heavy atom. The molecule has 114 valence electrons. The molecule has 0 heterocycles. The molecule has 1 unspecified atom stereocenters. The molecule has 0 aliphatic heterocycles. The Morgan fingerprint density at radius 2 is 2.05 bits per heavy atom. The monoisotopic (exact) mass is 291 g/mol. The lowest BCUT2D eigenvalue weighted by Crippen LogP contribution is -2.35. The molecule has 0 radical (unpaired) electrons. The first-order valence-electron chi connectivity index (χ1n) is 6.78. The van der Waals surface area contributed by atoms with E-state index in [1.807, 2.05) is 31.2 Å². The van der Waals surface area contributed by atoms with Crippen LogP contribution in [-0.4, -0.2) is 43.8 Å². The molecule has 2 N–H and O–H groups in total. The summed E-state index contributed by atoms with van der Waals surface area (Å²) in [6.07, 6.45) is 2.00. The van der Waals surface area contributed by atoms with Crippen LogP contribution in [0.15, 0.2) is 24.3 Å². The van der Waals surface area contributed by atoms with Crippen molar-refractivity contribution in [3.63, 3.8) is 0 Å². The normalized spacial score (nSPS) is 11.3. The molecule has 0 bridgehead atoms. The third-order valence-corrected chi connectivity index (χ3v) is 3.16. The van der Waals surface area contributed by atoms with Gasteiger partial charge in [-0.15, -0.1) is 0 Å². The molecule has 21 heavy (non-hydrogen) atoms. The molecular weight excluding hydrogens is 270 g/mol. The maximum absolute atomic E-state index is 11.6. The quantitative estimate of drug-likeness (QED) is 0.640. The van der Waals surface area contributed by atoms with Crippen LogP contribution in [-0.2, 0) is 20.8 Å². The SMILES string of the molecule is CC(NC(=O)CNC=O)c1ccccc1CCN(C)C=O. The van der Waals surface area contributed by atoms with E-state index in [9.17, 15) is 14.4 Å². The van der Waals surface area contributed by atoms with Crippen molar-refractivity contribution in [1.82, 2.24) is 15.5 Å². The highest BCUT2D eigenvalue weighted by molar-refractivity contribution is 5.80. The smallest absolute Gasteiger partial charge is 0.239 e. The molecule has 1 atom stereocenters. The van der Waals surface area contributed by atoms with Crippen LogP contribution in [0.1, 0.15) is 24.1 Å². The average Bonchev–Trinajstić information content (AvgIpc) is 2.50. The van der Waals surface area contributed by atoms with Crippen molar-refractivity contribution < 1.29 is 14.4 Å². The Morgan fingerprint density at radius 3 is 2.71 bits per heavy atom. The topological polar surface area (TPSA) is 78.5 Å². The highest BCUT2D eigenvalue weighted by atomic mass is 16.2. The van der Waals surface area contributed by atoms with Gasteiger partial charge in [-0.1, -0.05) is 24.3 Å². The second-order valence-electron chi connectivity index (χ2n) is 4.82. The maximum Gasteiger partial charge on any atom is 0.239 e. The van der Waals surface area contributed by atoms with E-state index in [1.54, 1.807) is 11.9 Å². The van der Waals surface area contributed by atoms with Crippen molar-refractivity contribution in [3.8, 4) is 0 Å². The van der Waals surface area contributed by atoms with Crippen LogP contribution < -0.4 is 10.6 Å². The van der Waals surface area contributed by atoms with Gasteiger partial charge in [0.2, 0.25) is 18.7 Å². The second-order valence-corrected chi connectivity index (χ2v) is 4.82. The number of nitrogens with zero attached hydrogens (tertiary/aromatic N) is 1. The number of rotatable bonds is 9. The first-order chi connectivity index (χ1) is 10.1. The molecule has 6 nitrogen and oxygen atoms in total. The van der Waals surface area contributed by atoms with Crippen molar-refractivity contribution >= 4 is 18.7 Å². The van der Waals surface area contributed by atoms with E-state index in [0.29, 0.717) is 13.0 Å². The molecular formula is C15H21N3O3. The van der Waals surface area contributed by atoms with Crippen molar-refractivity contribution in [2.75, 3.05) is 20.1 Å². The lowest BCUT2D eigenvalue weighted by atomic mass is 9.99. The van der Waals surface area contributed by atoms with Crippen molar-refractivity contribution in [3.05, 3.63) is 35.4 Å². The van der Waals surface area contributed by atoms with E-state index >= 15 is 0 Å². The second kappa shape index (κ2) is 8.73. The van der Waals surface area contributed by atoms with E-state index in [4.69, 9.17) is 0 Å². The Kier molecular flexibility index (Phi) is 6.94. The highest BCUT2D eigenvalue weighted by Gasteiger charge is 2.12. The molecule has 6 heteroatoms. The number of carbonyl (C=O) groups is 3. The lowest BCUT2D eigenvalue weighted by molar-refractivity contribution is -0.122. The summed E-state index contributed by atoms with van der Waals surface area (Å²) >= 11 is 0. The van der Waals surface area contributed by atoms with E-state index in [2.05, 4.69) is 10.6 Å². The summed E-state index contributed by atoms with van der Waals surface area (Å²) in [4.78, 5) is 34.0. The van der Waals surface area contributed by atoms with Gasteiger partial charge in [0.1, 0.15) is 0 Å². The number of hydrogen-bond donors (Lipinski definition) is 2. The zero-order chi connectivity index (χ0) is 15.7. The molecule has 3 amide bonds. The van der Waals surface area contributed by atoms with Gasteiger partial charge in [-0.05, 0) is 24.5 Å². The summed E-state index contributed by atoms with van der Waals surface area (Å²) in [5, 5.41) is 5.16. The highest BCUT2D eigenvalue weighted by Crippen LogP contribution is 2.18. The summed E-state index contributed by atoms with van der Waals surface area (Å²) in [7, 11) is 1.73. The molecule has 1 aromatic rings. The first kappa shape index (κ1) is 16.7. The standard InChI is InChI=1S/C15H21N3O3/c1-12(17-15(21)9-16-10-19)14-6-4-3-5-13(14)7-8-18(2)11-20/h3-6,10-12H,7-9H2,1-2H3,(H,16,19)(H,17,21). The Labute approximate surface area is 124 Å². The van der Waals surface area contributed by atoms with E-state index in [0.717, 1.165) is 24.0 Å². The number of carbonyl (C=O) groups excluding carboxylic acids is 3. The zero-order valence-corrected chi connectivity index (χ0v) is 12.3. The number of hydrogen-bond acceptors (Lipinski definition) is 3. The Balaban J connectivity index is 2.70. The van der Waals surface area contributed by atoms with Crippen LogP contribution in [0.4, 0.5) is 0 Å². The molecule has 1 rings (SSSR count). The zero-order valence-electron chi connectivity index (χ0n) is 12.3. The Hall–Kier alpha value is -2.37. The van der Waals surface area contributed by atoms with Gasteiger partial charge >= 0.3 is 0 Å². The molecule has 0 spiro atoms. The van der Waals surface area contributed by atoms with Crippen molar-refractivity contribution in [2.24, 2.45) is 0 Å². The fourth-order valence-corrected chi connectivity index (χ4v) is 2.04. The summed E-state index contributed by atoms with van der Waals surface area (Å²) < 4.78 is 0. The van der Waals surface area contributed by atoms with Gasteiger partial charge in [-0.2, -0.15) is 0 Å². The number of benzene rings is 1. The predicted molar refractivity (Wildman–Crippen MR) is 79.5 cm³/mol. The third kappa shape index (κ3) is 5.64. The maximum atomic E-state index is 11.6. The van der Waals surface area contributed by atoms with E-state index in [-0.39, 0.29) is 18.5 Å². The van der Waals surface area contributed by atoms with Gasteiger partial charge in [0, 0.05) is 13.6 Å². The molecule has 0 fully saturated rings. The van der Waals surface area contributed by atoms with Gasteiger partial charge in [0.05, 0.1) is 12.6 Å². The van der Waals surface area contributed by atoms with Crippen LogP contribution in [0.2, 0.25) is 0 Å². The first-order valence-corrected chi connectivity index (χ1v) is 6.78. The van der Waals surface area contributed by atoms with Crippen LogP contribution in [0.3, 0.4) is 0 Å². The number of amides is 3. The molecule has 0 saturated carbocycles. The van der Waals surface area contributed by atoms with E-state index < -0.39 is 0 Å². The predicted octanol–water partition coefficient (Wildman–Crippen LogP) is 0.241. The van der Waals surface area contributed by atoms with Crippen LogP contribution >= 0.6 is 0 Å². The van der Waals surface area contributed by atoms with Crippen molar-refractivity contribution in [1.29, 1.82) is 0 Å². The number of likely N-dealkylation sites (N-methyl/N-ethyl adjacent to an activating group) is 1. The summed E-state index contributed by atoms with van der Waals surface area (Å²) in [5.74, 6) is -0.241. The van der Waals surface area contributed by atoms with Crippen molar-refractivity contribution in [2.45, 2.75) is 19.4 Å². The Bertz CT molecular complexity index is 491. The summed E-state index contributed by atoms with van der Waals surface area (Å²) in [6, 6.07) is 7.62. The molecule has 0 aliphatic rings. The molecule has 0 saturated heterocycles.